The lowest BCUT2D eigenvalue weighted by Gasteiger charge is -2.39. The van der Waals surface area contributed by atoms with Gasteiger partial charge < -0.3 is 40.0 Å². The molecule has 12 heteroatoms. The molecule has 1 aliphatic rings. The largest absolute Gasteiger partial charge is 0.379 e. The summed E-state index contributed by atoms with van der Waals surface area (Å²) in [5.41, 5.74) is 1.76. The number of hydrogen-bond donors (Lipinski definition) is 3. The van der Waals surface area contributed by atoms with Crippen LogP contribution in [0.25, 0.3) is 0 Å². The molecule has 0 bridgehead atoms. The van der Waals surface area contributed by atoms with Crippen LogP contribution in [0.3, 0.4) is 0 Å². The third kappa shape index (κ3) is 11.5. The number of carbonyl (C=O) groups is 5. The van der Waals surface area contributed by atoms with Gasteiger partial charge in [-0.2, -0.15) is 0 Å². The van der Waals surface area contributed by atoms with E-state index in [4.69, 9.17) is 9.47 Å². The van der Waals surface area contributed by atoms with Crippen LogP contribution in [0.15, 0.2) is 42.5 Å². The molecule has 1 aromatic rings. The Kier molecular flexibility index (Phi) is 17.1. The molecule has 0 aliphatic carbocycles. The molecule has 1 fully saturated rings. The monoisotopic (exact) mass is 685 g/mol. The van der Waals surface area contributed by atoms with Gasteiger partial charge in [0.15, 0.2) is 0 Å². The van der Waals surface area contributed by atoms with Crippen LogP contribution in [-0.2, 0) is 39.9 Å². The number of benzene rings is 1. The number of likely N-dealkylation sites (N-methyl/N-ethyl adjacent to an activating group) is 2. The number of rotatable bonds is 20. The van der Waals surface area contributed by atoms with E-state index in [0.29, 0.717) is 19.4 Å². The Hall–Kier alpha value is -3.61. The van der Waals surface area contributed by atoms with Crippen molar-refractivity contribution in [3.63, 3.8) is 0 Å². The van der Waals surface area contributed by atoms with Gasteiger partial charge in [-0.25, -0.2) is 0 Å². The summed E-state index contributed by atoms with van der Waals surface area (Å²) in [6, 6.07) is 7.38. The van der Waals surface area contributed by atoms with Crippen LogP contribution >= 0.6 is 0 Å². The van der Waals surface area contributed by atoms with Gasteiger partial charge in [0.05, 0.1) is 55.3 Å². The highest BCUT2D eigenvalue weighted by atomic mass is 16.5. The Morgan fingerprint density at radius 3 is 2.24 bits per heavy atom. The zero-order chi connectivity index (χ0) is 36.8. The number of ether oxygens (including phenoxy) is 2. The van der Waals surface area contributed by atoms with Crippen molar-refractivity contribution >= 4 is 29.9 Å². The van der Waals surface area contributed by atoms with Gasteiger partial charge in [-0.1, -0.05) is 83.5 Å². The lowest BCUT2D eigenvalue weighted by atomic mass is 9.90. The van der Waals surface area contributed by atoms with E-state index in [9.17, 15) is 24.0 Å². The smallest absolute Gasteiger partial charge is 0.242 e. The molecule has 12 nitrogen and oxygen atoms in total. The molecule has 0 spiro atoms. The van der Waals surface area contributed by atoms with Gasteiger partial charge in [0, 0.05) is 27.8 Å². The zero-order valence-corrected chi connectivity index (χ0v) is 30.9. The Bertz CT molecular complexity index is 1260. The average Bonchev–Trinajstić information content (AvgIpc) is 3.47. The van der Waals surface area contributed by atoms with E-state index in [-0.39, 0.29) is 48.4 Å². The first-order valence-electron chi connectivity index (χ1n) is 17.3. The van der Waals surface area contributed by atoms with E-state index in [2.05, 4.69) is 22.5 Å². The van der Waals surface area contributed by atoms with Crippen LogP contribution in [0.1, 0.15) is 59.4 Å². The number of likely N-dealkylation sites (tertiary alicyclic amines) is 1. The van der Waals surface area contributed by atoms with Gasteiger partial charge in [0.25, 0.3) is 0 Å². The second kappa shape index (κ2) is 20.2. The van der Waals surface area contributed by atoms with E-state index < -0.39 is 42.3 Å². The molecule has 2 rings (SSSR count). The minimum absolute atomic E-state index is 0.0181. The minimum atomic E-state index is -0.709. The number of amides is 4. The van der Waals surface area contributed by atoms with Gasteiger partial charge in [0.2, 0.25) is 23.6 Å². The first-order valence-corrected chi connectivity index (χ1v) is 17.3. The molecule has 49 heavy (non-hydrogen) atoms. The van der Waals surface area contributed by atoms with Crippen molar-refractivity contribution in [2.45, 2.75) is 96.7 Å². The lowest BCUT2D eigenvalue weighted by Crippen LogP contribution is -2.55. The molecule has 8 atom stereocenters. The SMILES string of the molecule is C=C1C[C@@H](C(OC)[C@@H](C)C(=O)N[C@H](C=O)Cc2ccccc2)N(C(=O)C[C@@H](OC)[C@H]([C@@H](C)CC)N(C)C(=O)CNC(=O)[C@@H](NC)C(C)C)C1. The van der Waals surface area contributed by atoms with Crippen LogP contribution in [0.5, 0.6) is 0 Å². The standard InChI is InChI=1S/C37H59N5O7/c1-11-25(5)34(41(8)32(45)20-39-37(47)33(38-7)23(2)3)30(48-9)19-31(44)42-21-24(4)17-29(42)35(49-10)26(6)36(46)40-28(22-43)18-27-15-13-12-14-16-27/h12-16,22-23,25-26,28-30,33-35,38H,4,11,17-21H2,1-3,5-10H3,(H,39,47)(H,40,46)/t25-,26+,28-,29-,30+,33-,34-,35?/m0/s1. The Balaban J connectivity index is 2.19. The highest BCUT2D eigenvalue weighted by Crippen LogP contribution is 2.31. The van der Waals surface area contributed by atoms with Gasteiger partial charge in [-0.3, -0.25) is 19.2 Å². The predicted molar refractivity (Wildman–Crippen MR) is 189 cm³/mol. The van der Waals surface area contributed by atoms with E-state index >= 15 is 0 Å². The van der Waals surface area contributed by atoms with E-state index in [0.717, 1.165) is 23.8 Å². The first kappa shape index (κ1) is 41.6. The summed E-state index contributed by atoms with van der Waals surface area (Å²) < 4.78 is 11.8. The molecule has 1 aliphatic heterocycles. The molecule has 1 unspecified atom stereocenters. The second-order valence-corrected chi connectivity index (χ2v) is 13.6. The van der Waals surface area contributed by atoms with Crippen LogP contribution in [-0.4, -0.2) is 117 Å². The van der Waals surface area contributed by atoms with Gasteiger partial charge in [0.1, 0.15) is 6.29 Å². The third-order valence-corrected chi connectivity index (χ3v) is 9.76. The normalized spacial score (nSPS) is 18.9. The molecule has 0 aromatic heterocycles. The molecule has 274 valence electrons. The highest BCUT2D eigenvalue weighted by molar-refractivity contribution is 5.88. The summed E-state index contributed by atoms with van der Waals surface area (Å²) in [6.07, 6.45) is 0.942. The maximum absolute atomic E-state index is 14.0. The van der Waals surface area contributed by atoms with Crippen molar-refractivity contribution in [1.82, 2.24) is 25.8 Å². The van der Waals surface area contributed by atoms with Gasteiger partial charge >= 0.3 is 0 Å². The molecule has 1 heterocycles. The molecule has 1 aromatic carbocycles. The molecular weight excluding hydrogens is 626 g/mol. The average molecular weight is 686 g/mol. The lowest BCUT2D eigenvalue weighted by molar-refractivity contribution is -0.146. The maximum atomic E-state index is 14.0. The summed E-state index contributed by atoms with van der Waals surface area (Å²) >= 11 is 0. The molecule has 0 saturated carbocycles. The number of nitrogens with one attached hydrogen (secondary N) is 3. The molecule has 1 saturated heterocycles. The fourth-order valence-corrected chi connectivity index (χ4v) is 6.76. The summed E-state index contributed by atoms with van der Waals surface area (Å²) in [5.74, 6) is -1.77. The van der Waals surface area contributed by atoms with Crippen molar-refractivity contribution in [1.29, 1.82) is 0 Å². The van der Waals surface area contributed by atoms with E-state index in [1.54, 1.807) is 30.8 Å². The Morgan fingerprint density at radius 1 is 1.06 bits per heavy atom. The Labute approximate surface area is 292 Å². The second-order valence-electron chi connectivity index (χ2n) is 13.6. The van der Waals surface area contributed by atoms with Crippen molar-refractivity contribution in [3.05, 3.63) is 48.0 Å². The first-order chi connectivity index (χ1) is 23.2. The molecule has 3 N–H and O–H groups in total. The van der Waals surface area contributed by atoms with Crippen LogP contribution < -0.4 is 16.0 Å². The number of nitrogens with zero attached hydrogens (tertiary/aromatic N) is 2. The van der Waals surface area contributed by atoms with Crippen molar-refractivity contribution < 1.29 is 33.4 Å². The fourth-order valence-electron chi connectivity index (χ4n) is 6.76. The Morgan fingerprint density at radius 2 is 1.71 bits per heavy atom. The predicted octanol–water partition coefficient (Wildman–Crippen LogP) is 2.36. The number of methoxy groups -OCH3 is 2. The third-order valence-electron chi connectivity index (χ3n) is 9.76. The van der Waals surface area contributed by atoms with Crippen molar-refractivity contribution in [2.24, 2.45) is 17.8 Å². The maximum Gasteiger partial charge on any atom is 0.242 e. The van der Waals surface area contributed by atoms with E-state index in [1.165, 1.54) is 14.2 Å². The quantitative estimate of drug-likeness (QED) is 0.140. The van der Waals surface area contributed by atoms with Crippen molar-refractivity contribution in [3.8, 4) is 0 Å². The zero-order valence-electron chi connectivity index (χ0n) is 30.9. The highest BCUT2D eigenvalue weighted by Gasteiger charge is 2.43. The van der Waals surface area contributed by atoms with Crippen LogP contribution in [0, 0.1) is 17.8 Å². The molecule has 0 radical (unpaired) electrons. The molecule has 4 amide bonds. The van der Waals surface area contributed by atoms with Crippen molar-refractivity contribution in [2.75, 3.05) is 41.4 Å². The number of aldehydes is 1. The number of carbonyl (C=O) groups excluding carboxylic acids is 5. The summed E-state index contributed by atoms with van der Waals surface area (Å²) in [4.78, 5) is 68.6. The summed E-state index contributed by atoms with van der Waals surface area (Å²) in [5, 5.41) is 8.56. The van der Waals surface area contributed by atoms with Gasteiger partial charge in [-0.15, -0.1) is 0 Å². The topological polar surface area (TPSA) is 146 Å². The summed E-state index contributed by atoms with van der Waals surface area (Å²) in [7, 11) is 6.41. The van der Waals surface area contributed by atoms with Gasteiger partial charge in [-0.05, 0) is 37.3 Å². The summed E-state index contributed by atoms with van der Waals surface area (Å²) in [6.45, 7) is 13.9. The van der Waals surface area contributed by atoms with Crippen LogP contribution in [0.2, 0.25) is 0 Å². The minimum Gasteiger partial charge on any atom is -0.379 e. The molecular formula is C37H59N5O7. The van der Waals surface area contributed by atoms with E-state index in [1.807, 2.05) is 58.0 Å². The number of hydrogen-bond acceptors (Lipinski definition) is 8. The fraction of sp³-hybridized carbons (Fsp3) is 0.649. The van der Waals surface area contributed by atoms with Crippen LogP contribution in [0.4, 0.5) is 0 Å².